The van der Waals surface area contributed by atoms with Crippen LogP contribution in [0.5, 0.6) is 0 Å². The lowest BCUT2D eigenvalue weighted by Crippen LogP contribution is -2.39. The third-order valence-corrected chi connectivity index (χ3v) is 3.74. The molecule has 0 bridgehead atoms. The molecule has 1 aromatic rings. The number of aliphatic carboxylic acids is 1. The number of carbonyl (C=O) groups is 1. The number of allylic oxidation sites excluding steroid dienone is 3. The van der Waals surface area contributed by atoms with E-state index in [1.807, 2.05) is 0 Å². The highest BCUT2D eigenvalue weighted by Crippen LogP contribution is 2.39. The van der Waals surface area contributed by atoms with Crippen molar-refractivity contribution in [3.8, 4) is 0 Å². The summed E-state index contributed by atoms with van der Waals surface area (Å²) in [4.78, 5) is 26.8. The Balaban J connectivity index is 2.69. The first-order valence-corrected chi connectivity index (χ1v) is 6.95. The number of nitrogens with zero attached hydrogens (tertiary/aromatic N) is 2. The molecule has 1 unspecified atom stereocenters. The van der Waals surface area contributed by atoms with Gasteiger partial charge in [-0.25, -0.2) is 0 Å². The molecule has 0 amide bonds. The van der Waals surface area contributed by atoms with E-state index in [1.54, 1.807) is 13.8 Å². The number of nitro benzene ring substituents is 1. The minimum Gasteiger partial charge on any atom is -0.545 e. The zero-order valence-corrected chi connectivity index (χ0v) is 13.3. The fraction of sp³-hybridized carbons (Fsp3) is 0.267. The van der Waals surface area contributed by atoms with Crippen LogP contribution in [0, 0.1) is 10.1 Å². The third-order valence-electron chi connectivity index (χ3n) is 3.74. The molecule has 1 aromatic carbocycles. The van der Waals surface area contributed by atoms with Crippen molar-refractivity contribution in [3.63, 3.8) is 0 Å². The van der Waals surface area contributed by atoms with E-state index in [4.69, 9.17) is 4.84 Å². The molecule has 9 heteroatoms. The number of carbonyl (C=O) groups excluding carboxylic acids is 1. The van der Waals surface area contributed by atoms with Gasteiger partial charge in [0, 0.05) is 29.1 Å². The summed E-state index contributed by atoms with van der Waals surface area (Å²) >= 11 is 0. The van der Waals surface area contributed by atoms with Gasteiger partial charge in [0.05, 0.1) is 23.9 Å². The number of non-ortho nitro benzene ring substituents is 1. The van der Waals surface area contributed by atoms with Gasteiger partial charge in [0.25, 0.3) is 5.69 Å². The average Bonchev–Trinajstić information content (AvgIpc) is 2.53. The normalized spacial score (nSPS) is 17.6. The standard InChI is InChI=1S/C15H17N3O6/c1-8-12(15(19)20)13(14(9(2)16-8)18(23)24-3)10-5-4-6-11(7-10)17(21)22/h4-7,13,16,23H,1-3H3,(H,19,20)/p-1. The van der Waals surface area contributed by atoms with Gasteiger partial charge in [0.1, 0.15) is 5.70 Å². The molecule has 0 saturated heterocycles. The van der Waals surface area contributed by atoms with E-state index < -0.39 is 16.8 Å². The summed E-state index contributed by atoms with van der Waals surface area (Å²) in [6.07, 6.45) is 0. The quantitative estimate of drug-likeness (QED) is 0.597. The first kappa shape index (κ1) is 17.4. The second-order valence-electron chi connectivity index (χ2n) is 5.20. The lowest BCUT2D eigenvalue weighted by molar-refractivity contribution is -0.385. The maximum Gasteiger partial charge on any atom is 0.269 e. The fourth-order valence-corrected chi connectivity index (χ4v) is 2.75. The summed E-state index contributed by atoms with van der Waals surface area (Å²) in [5, 5.41) is 35.9. The smallest absolute Gasteiger partial charge is 0.269 e. The van der Waals surface area contributed by atoms with Gasteiger partial charge in [-0.3, -0.25) is 20.2 Å². The summed E-state index contributed by atoms with van der Waals surface area (Å²) in [5.41, 5.74) is 0.834. The Morgan fingerprint density at radius 2 is 2.04 bits per heavy atom. The monoisotopic (exact) mass is 334 g/mol. The van der Waals surface area contributed by atoms with E-state index in [0.29, 0.717) is 22.2 Å². The van der Waals surface area contributed by atoms with Gasteiger partial charge in [0.2, 0.25) is 0 Å². The van der Waals surface area contributed by atoms with Crippen molar-refractivity contribution in [2.75, 3.05) is 7.11 Å². The van der Waals surface area contributed by atoms with E-state index in [2.05, 4.69) is 5.32 Å². The predicted molar refractivity (Wildman–Crippen MR) is 80.0 cm³/mol. The maximum absolute atomic E-state index is 11.6. The number of benzene rings is 1. The Labute approximate surface area is 137 Å². The highest BCUT2D eigenvalue weighted by atomic mass is 16.9. The molecule has 128 valence electrons. The number of hydrogen-bond donors (Lipinski definition) is 2. The summed E-state index contributed by atoms with van der Waals surface area (Å²) in [7, 11) is 1.20. The number of hydrogen-bond acceptors (Lipinski definition) is 8. The molecule has 0 aliphatic carbocycles. The number of dihydropyridines is 1. The Hall–Kier alpha value is -2.91. The molecule has 1 aliphatic rings. The molecule has 1 aliphatic heterocycles. The number of rotatable bonds is 5. The van der Waals surface area contributed by atoms with E-state index in [9.17, 15) is 25.2 Å². The van der Waals surface area contributed by atoms with Crippen LogP contribution in [0.2, 0.25) is 0 Å². The summed E-state index contributed by atoms with van der Waals surface area (Å²) in [6.45, 7) is 3.17. The van der Waals surface area contributed by atoms with Crippen LogP contribution in [0.15, 0.2) is 46.9 Å². The molecule has 0 aromatic heterocycles. The van der Waals surface area contributed by atoms with Crippen molar-refractivity contribution in [2.45, 2.75) is 19.8 Å². The van der Waals surface area contributed by atoms with Crippen LogP contribution in [0.3, 0.4) is 0 Å². The lowest BCUT2D eigenvalue weighted by Gasteiger charge is -2.35. The molecule has 2 rings (SSSR count). The minimum absolute atomic E-state index is 0.0998. The molecule has 0 fully saturated rings. The Bertz CT molecular complexity index is 755. The van der Waals surface area contributed by atoms with Gasteiger partial charge < -0.3 is 15.2 Å². The van der Waals surface area contributed by atoms with Crippen molar-refractivity contribution >= 4 is 11.7 Å². The van der Waals surface area contributed by atoms with Crippen LogP contribution in [0.4, 0.5) is 5.69 Å². The van der Waals surface area contributed by atoms with Crippen molar-refractivity contribution in [1.82, 2.24) is 10.5 Å². The second-order valence-corrected chi connectivity index (χ2v) is 5.20. The van der Waals surface area contributed by atoms with Gasteiger partial charge >= 0.3 is 0 Å². The number of carboxylic acids is 1. The largest absolute Gasteiger partial charge is 0.545 e. The Morgan fingerprint density at radius 1 is 1.38 bits per heavy atom. The molecular formula is C15H16N3O6-. The summed E-state index contributed by atoms with van der Waals surface area (Å²) in [6, 6.07) is 5.53. The number of carboxylic acid groups (broad SMARTS) is 1. The average molecular weight is 334 g/mol. The van der Waals surface area contributed by atoms with Crippen molar-refractivity contribution in [3.05, 3.63) is 62.6 Å². The van der Waals surface area contributed by atoms with Crippen LogP contribution < -0.4 is 10.4 Å². The van der Waals surface area contributed by atoms with Crippen LogP contribution in [-0.4, -0.2) is 28.4 Å². The molecule has 2 N–H and O–H groups in total. The van der Waals surface area contributed by atoms with Gasteiger partial charge in [-0.2, -0.15) is 0 Å². The molecule has 0 saturated carbocycles. The Kier molecular flexibility index (Phi) is 4.86. The lowest BCUT2D eigenvalue weighted by atomic mass is 9.84. The van der Waals surface area contributed by atoms with Crippen molar-refractivity contribution in [2.24, 2.45) is 0 Å². The zero-order valence-electron chi connectivity index (χ0n) is 13.3. The summed E-state index contributed by atoms with van der Waals surface area (Å²) in [5.74, 6) is -2.45. The fourth-order valence-electron chi connectivity index (χ4n) is 2.75. The van der Waals surface area contributed by atoms with Gasteiger partial charge in [-0.1, -0.05) is 12.1 Å². The summed E-state index contributed by atoms with van der Waals surface area (Å²) < 4.78 is 0. The van der Waals surface area contributed by atoms with E-state index in [-0.39, 0.29) is 17.0 Å². The molecule has 1 heterocycles. The molecule has 24 heavy (non-hydrogen) atoms. The van der Waals surface area contributed by atoms with Crippen LogP contribution in [-0.2, 0) is 9.63 Å². The predicted octanol–water partition coefficient (Wildman–Crippen LogP) is 0.790. The highest BCUT2D eigenvalue weighted by Gasteiger charge is 2.34. The number of nitro groups is 1. The van der Waals surface area contributed by atoms with E-state index >= 15 is 0 Å². The molecule has 9 nitrogen and oxygen atoms in total. The van der Waals surface area contributed by atoms with Crippen molar-refractivity contribution in [1.29, 1.82) is 0 Å². The first-order valence-electron chi connectivity index (χ1n) is 6.95. The SMILES string of the molecule is CON(O)C1=C(C)NC(C)=C(C(=O)[O-])C1c1cccc([N+](=O)[O-])c1. The molecule has 0 radical (unpaired) electrons. The molecular weight excluding hydrogens is 318 g/mol. The number of nitrogens with one attached hydrogen (secondary N) is 1. The number of hydroxylamine groups is 2. The van der Waals surface area contributed by atoms with Crippen LogP contribution >= 0.6 is 0 Å². The maximum atomic E-state index is 11.6. The molecule has 0 spiro atoms. The second kappa shape index (κ2) is 6.69. The van der Waals surface area contributed by atoms with E-state index in [0.717, 1.165) is 0 Å². The Morgan fingerprint density at radius 3 is 2.58 bits per heavy atom. The molecule has 1 atom stereocenters. The van der Waals surface area contributed by atoms with Crippen LogP contribution in [0.25, 0.3) is 0 Å². The van der Waals surface area contributed by atoms with Gasteiger partial charge in [-0.05, 0) is 19.4 Å². The zero-order chi connectivity index (χ0) is 18.0. The van der Waals surface area contributed by atoms with Crippen molar-refractivity contribution < 1.29 is 24.9 Å². The topological polar surface area (TPSA) is 128 Å². The minimum atomic E-state index is -1.45. The van der Waals surface area contributed by atoms with Crippen LogP contribution in [0.1, 0.15) is 25.3 Å². The first-order chi connectivity index (χ1) is 11.3. The third kappa shape index (κ3) is 3.07. The van der Waals surface area contributed by atoms with Gasteiger partial charge in [0.15, 0.2) is 0 Å². The van der Waals surface area contributed by atoms with E-state index in [1.165, 1.54) is 31.4 Å². The highest BCUT2D eigenvalue weighted by molar-refractivity contribution is 5.89. The van der Waals surface area contributed by atoms with Gasteiger partial charge in [-0.15, -0.1) is 5.23 Å².